The summed E-state index contributed by atoms with van der Waals surface area (Å²) in [6.07, 6.45) is 0.244. The molecule has 2 aliphatic rings. The molecule has 0 spiro atoms. The van der Waals surface area contributed by atoms with Crippen LogP contribution in [0.5, 0.6) is 11.5 Å². The van der Waals surface area contributed by atoms with Gasteiger partial charge in [-0.1, -0.05) is 6.07 Å². The zero-order chi connectivity index (χ0) is 23.9. The Morgan fingerprint density at radius 2 is 2.00 bits per heavy atom. The van der Waals surface area contributed by atoms with E-state index in [0.717, 1.165) is 5.56 Å². The van der Waals surface area contributed by atoms with E-state index in [9.17, 15) is 18.0 Å². The number of hydrogen-bond donors (Lipinski definition) is 2. The minimum Gasteiger partial charge on any atom is -0.495 e. The molecule has 2 aromatic carbocycles. The lowest BCUT2D eigenvalue weighted by atomic mass is 10.1. The van der Waals surface area contributed by atoms with Gasteiger partial charge in [0.1, 0.15) is 17.5 Å². The van der Waals surface area contributed by atoms with Gasteiger partial charge in [0, 0.05) is 12.6 Å². The highest BCUT2D eigenvalue weighted by Gasteiger charge is 2.41. The third-order valence-corrected chi connectivity index (χ3v) is 7.96. The van der Waals surface area contributed by atoms with Gasteiger partial charge in [-0.15, -0.1) is 0 Å². The van der Waals surface area contributed by atoms with Crippen molar-refractivity contribution in [1.82, 2.24) is 4.31 Å². The van der Waals surface area contributed by atoms with Gasteiger partial charge in [-0.05, 0) is 62.9 Å². The van der Waals surface area contributed by atoms with Crippen LogP contribution in [0.1, 0.15) is 30.9 Å². The molecule has 0 aliphatic carbocycles. The third kappa shape index (κ3) is 4.28. The minimum absolute atomic E-state index is 0.0532. The zero-order valence-corrected chi connectivity index (χ0v) is 19.8. The van der Waals surface area contributed by atoms with Crippen molar-refractivity contribution in [3.63, 3.8) is 0 Å². The molecule has 9 nitrogen and oxygen atoms in total. The number of fused-ring (bicyclic) bond motifs is 1. The van der Waals surface area contributed by atoms with Gasteiger partial charge >= 0.3 is 0 Å². The third-order valence-electron chi connectivity index (χ3n) is 5.91. The Balaban J connectivity index is 1.63. The molecule has 2 N–H and O–H groups in total. The van der Waals surface area contributed by atoms with Gasteiger partial charge in [0.05, 0.1) is 23.4 Å². The lowest BCUT2D eigenvalue weighted by Crippen LogP contribution is -2.43. The van der Waals surface area contributed by atoms with E-state index >= 15 is 0 Å². The maximum absolute atomic E-state index is 13.6. The molecule has 2 heterocycles. The molecule has 2 amide bonds. The number of rotatable bonds is 5. The lowest BCUT2D eigenvalue weighted by molar-refractivity contribution is -0.122. The summed E-state index contributed by atoms with van der Waals surface area (Å²) in [4.78, 5) is 25.1. The van der Waals surface area contributed by atoms with E-state index in [4.69, 9.17) is 9.47 Å². The van der Waals surface area contributed by atoms with Crippen LogP contribution >= 0.6 is 0 Å². The lowest BCUT2D eigenvalue weighted by Gasteiger charge is -2.27. The molecule has 2 atom stereocenters. The molecular weight excluding hydrogens is 446 g/mol. The van der Waals surface area contributed by atoms with Crippen LogP contribution in [0.25, 0.3) is 0 Å². The number of carbonyl (C=O) groups excluding carboxylic acids is 2. The predicted octanol–water partition coefficient (Wildman–Crippen LogP) is 2.82. The van der Waals surface area contributed by atoms with E-state index in [-0.39, 0.29) is 23.1 Å². The molecule has 10 heteroatoms. The van der Waals surface area contributed by atoms with E-state index in [1.807, 2.05) is 13.0 Å². The minimum atomic E-state index is -4.00. The van der Waals surface area contributed by atoms with E-state index < -0.39 is 28.1 Å². The Hall–Kier alpha value is -3.11. The zero-order valence-electron chi connectivity index (χ0n) is 19.0. The smallest absolute Gasteiger partial charge is 0.265 e. The fourth-order valence-electron chi connectivity index (χ4n) is 4.17. The summed E-state index contributed by atoms with van der Waals surface area (Å²) in [6, 6.07) is 7.55. The largest absolute Gasteiger partial charge is 0.495 e. The van der Waals surface area contributed by atoms with Gasteiger partial charge in [0.25, 0.3) is 5.91 Å². The number of ether oxygens (including phenoxy) is 2. The summed E-state index contributed by atoms with van der Waals surface area (Å²) in [7, 11) is -2.48. The van der Waals surface area contributed by atoms with Crippen LogP contribution in [0.4, 0.5) is 11.4 Å². The first-order valence-corrected chi connectivity index (χ1v) is 12.2. The number of nitrogens with one attached hydrogen (secondary N) is 2. The van der Waals surface area contributed by atoms with Crippen LogP contribution in [-0.2, 0) is 19.6 Å². The van der Waals surface area contributed by atoms with Gasteiger partial charge < -0.3 is 20.1 Å². The molecule has 0 radical (unpaired) electrons. The molecule has 0 aromatic heterocycles. The fraction of sp³-hybridized carbons (Fsp3) is 0.391. The number of aryl methyl sites for hydroxylation is 2. The number of carbonyl (C=O) groups is 2. The number of nitrogens with zero attached hydrogens (tertiary/aromatic N) is 1. The van der Waals surface area contributed by atoms with Gasteiger partial charge in [-0.25, -0.2) is 8.42 Å². The maximum atomic E-state index is 13.6. The Kier molecular flexibility index (Phi) is 6.06. The number of hydrogen-bond acceptors (Lipinski definition) is 6. The van der Waals surface area contributed by atoms with E-state index in [1.54, 1.807) is 32.0 Å². The second-order valence-electron chi connectivity index (χ2n) is 8.33. The average molecular weight is 474 g/mol. The highest BCUT2D eigenvalue weighted by Crippen LogP contribution is 2.37. The normalized spacial score (nSPS) is 20.5. The Labute approximate surface area is 193 Å². The summed E-state index contributed by atoms with van der Waals surface area (Å²) < 4.78 is 39.4. The van der Waals surface area contributed by atoms with Gasteiger partial charge in [-0.2, -0.15) is 4.31 Å². The number of methoxy groups -OCH3 is 1. The van der Waals surface area contributed by atoms with Crippen molar-refractivity contribution in [2.24, 2.45) is 0 Å². The maximum Gasteiger partial charge on any atom is 0.265 e. The first kappa shape index (κ1) is 23.1. The molecule has 0 bridgehead atoms. The van der Waals surface area contributed by atoms with E-state index in [2.05, 4.69) is 10.6 Å². The number of benzene rings is 2. The topological polar surface area (TPSA) is 114 Å². The second kappa shape index (κ2) is 8.68. The van der Waals surface area contributed by atoms with Crippen molar-refractivity contribution in [3.05, 3.63) is 41.5 Å². The molecule has 176 valence electrons. The van der Waals surface area contributed by atoms with Crippen LogP contribution < -0.4 is 20.1 Å². The van der Waals surface area contributed by atoms with Gasteiger partial charge in [0.2, 0.25) is 15.9 Å². The fourth-order valence-corrected chi connectivity index (χ4v) is 6.05. The van der Waals surface area contributed by atoms with Crippen LogP contribution in [0.2, 0.25) is 0 Å². The van der Waals surface area contributed by atoms with Crippen LogP contribution in [0, 0.1) is 13.8 Å². The standard InChI is InChI=1S/C23H27N3O6S/c1-13-7-8-19(31-4)16(10-13)25-23(28)18-6-5-9-26(18)33(29,30)21-12-20-17(11-14(21)2)24-22(27)15(3)32-20/h7-8,10-12,15,18H,5-6,9H2,1-4H3,(H,24,27)(H,25,28). The molecule has 0 saturated carbocycles. The summed E-state index contributed by atoms with van der Waals surface area (Å²) in [5.41, 5.74) is 2.32. The second-order valence-corrected chi connectivity index (χ2v) is 10.2. The van der Waals surface area contributed by atoms with Gasteiger partial charge in [0.15, 0.2) is 6.10 Å². The van der Waals surface area contributed by atoms with Crippen molar-refractivity contribution < 1.29 is 27.5 Å². The van der Waals surface area contributed by atoms with Crippen molar-refractivity contribution in [2.45, 2.75) is 50.7 Å². The van der Waals surface area contributed by atoms with E-state index in [1.165, 1.54) is 17.5 Å². The first-order chi connectivity index (χ1) is 15.6. The van der Waals surface area contributed by atoms with Crippen LogP contribution in [0.3, 0.4) is 0 Å². The predicted molar refractivity (Wildman–Crippen MR) is 123 cm³/mol. The number of amides is 2. The quantitative estimate of drug-likeness (QED) is 0.690. The molecule has 1 fully saturated rings. The van der Waals surface area contributed by atoms with Gasteiger partial charge in [-0.3, -0.25) is 9.59 Å². The summed E-state index contributed by atoms with van der Waals surface area (Å²) in [5, 5.41) is 5.55. The Morgan fingerprint density at radius 3 is 2.73 bits per heavy atom. The van der Waals surface area contributed by atoms with Crippen molar-refractivity contribution in [1.29, 1.82) is 0 Å². The van der Waals surface area contributed by atoms with Crippen molar-refractivity contribution >= 4 is 33.2 Å². The molecule has 2 aromatic rings. The van der Waals surface area contributed by atoms with Crippen LogP contribution in [0.15, 0.2) is 35.2 Å². The summed E-state index contributed by atoms with van der Waals surface area (Å²) in [5.74, 6) is 0.0873. The number of sulfonamides is 1. The Bertz CT molecular complexity index is 1230. The van der Waals surface area contributed by atoms with Crippen LogP contribution in [-0.4, -0.2) is 50.3 Å². The number of anilines is 2. The molecule has 2 aliphatic heterocycles. The molecule has 4 rings (SSSR count). The van der Waals surface area contributed by atoms with E-state index in [0.29, 0.717) is 35.5 Å². The Morgan fingerprint density at radius 1 is 1.24 bits per heavy atom. The molecule has 33 heavy (non-hydrogen) atoms. The summed E-state index contributed by atoms with van der Waals surface area (Å²) in [6.45, 7) is 5.37. The average Bonchev–Trinajstić information content (AvgIpc) is 3.26. The molecular formula is C23H27N3O6S. The molecule has 1 saturated heterocycles. The summed E-state index contributed by atoms with van der Waals surface area (Å²) >= 11 is 0. The highest BCUT2D eigenvalue weighted by atomic mass is 32.2. The van der Waals surface area contributed by atoms with Crippen molar-refractivity contribution in [3.8, 4) is 11.5 Å². The van der Waals surface area contributed by atoms with Crippen molar-refractivity contribution in [2.75, 3.05) is 24.3 Å². The monoisotopic (exact) mass is 473 g/mol. The first-order valence-electron chi connectivity index (χ1n) is 10.7. The molecule has 2 unspecified atom stereocenters. The highest BCUT2D eigenvalue weighted by molar-refractivity contribution is 7.89. The SMILES string of the molecule is COc1ccc(C)cc1NC(=O)C1CCCN1S(=O)(=O)c1cc2c(cc1C)NC(=O)C(C)O2.